The Morgan fingerprint density at radius 1 is 1.39 bits per heavy atom. The van der Waals surface area contributed by atoms with E-state index < -0.39 is 0 Å². The van der Waals surface area contributed by atoms with Crippen LogP contribution in [0.25, 0.3) is 0 Å². The summed E-state index contributed by atoms with van der Waals surface area (Å²) in [6.45, 7) is 6.05. The zero-order valence-corrected chi connectivity index (χ0v) is 14.0. The lowest BCUT2D eigenvalue weighted by Gasteiger charge is -2.38. The first-order valence-electron chi connectivity index (χ1n) is 8.47. The second kappa shape index (κ2) is 5.76. The number of rotatable bonds is 3. The highest BCUT2D eigenvalue weighted by Crippen LogP contribution is 2.42. The molecular weight excluding hydrogens is 290 g/mol. The van der Waals surface area contributed by atoms with Gasteiger partial charge in [0.15, 0.2) is 0 Å². The van der Waals surface area contributed by atoms with Crippen molar-refractivity contribution in [1.29, 1.82) is 0 Å². The van der Waals surface area contributed by atoms with Crippen molar-refractivity contribution >= 4 is 0 Å². The lowest BCUT2D eigenvalue weighted by Crippen LogP contribution is -2.43. The standard InChI is InChI=1S/C17H25N5O/c1-13-16(19-12-18-13)10-22-5-3-17(4-6-22)7-14(11-23-17)15-8-20-21(2)9-15/h8-9,12,14H,3-7,10-11H2,1-2H3,(H,18,19). The van der Waals surface area contributed by atoms with Crippen LogP contribution in [0.5, 0.6) is 0 Å². The van der Waals surface area contributed by atoms with Gasteiger partial charge in [-0.2, -0.15) is 5.10 Å². The van der Waals surface area contributed by atoms with Gasteiger partial charge < -0.3 is 9.72 Å². The van der Waals surface area contributed by atoms with Crippen LogP contribution in [0.1, 0.15) is 42.1 Å². The Morgan fingerprint density at radius 2 is 2.22 bits per heavy atom. The molecule has 4 heterocycles. The van der Waals surface area contributed by atoms with Gasteiger partial charge in [-0.3, -0.25) is 9.58 Å². The van der Waals surface area contributed by atoms with Crippen LogP contribution in [0.4, 0.5) is 0 Å². The van der Waals surface area contributed by atoms with E-state index in [1.54, 1.807) is 6.33 Å². The van der Waals surface area contributed by atoms with Crippen LogP contribution < -0.4 is 0 Å². The molecule has 0 aliphatic carbocycles. The summed E-state index contributed by atoms with van der Waals surface area (Å²) in [5.74, 6) is 0.504. The number of hydrogen-bond acceptors (Lipinski definition) is 4. The van der Waals surface area contributed by atoms with Crippen LogP contribution in [0.3, 0.4) is 0 Å². The van der Waals surface area contributed by atoms with Crippen molar-refractivity contribution in [3.63, 3.8) is 0 Å². The number of piperidine rings is 1. The van der Waals surface area contributed by atoms with Gasteiger partial charge in [-0.25, -0.2) is 4.98 Å². The molecule has 6 heteroatoms. The van der Waals surface area contributed by atoms with Crippen LogP contribution in [0.2, 0.25) is 0 Å². The van der Waals surface area contributed by atoms with E-state index in [9.17, 15) is 0 Å². The van der Waals surface area contributed by atoms with E-state index in [4.69, 9.17) is 4.74 Å². The first-order valence-corrected chi connectivity index (χ1v) is 8.47. The van der Waals surface area contributed by atoms with Crippen molar-refractivity contribution in [3.05, 3.63) is 35.7 Å². The molecule has 0 saturated carbocycles. The van der Waals surface area contributed by atoms with Crippen molar-refractivity contribution in [2.45, 2.75) is 44.2 Å². The van der Waals surface area contributed by atoms with Gasteiger partial charge in [0.05, 0.1) is 30.4 Å². The van der Waals surface area contributed by atoms with E-state index in [1.165, 1.54) is 17.0 Å². The molecule has 2 aliphatic rings. The van der Waals surface area contributed by atoms with Gasteiger partial charge in [0.1, 0.15) is 0 Å². The maximum Gasteiger partial charge on any atom is 0.0925 e. The Hall–Kier alpha value is -1.66. The average Bonchev–Trinajstić information content (AvgIpc) is 3.24. The quantitative estimate of drug-likeness (QED) is 0.941. The van der Waals surface area contributed by atoms with Crippen molar-refractivity contribution in [2.75, 3.05) is 19.7 Å². The Morgan fingerprint density at radius 3 is 2.87 bits per heavy atom. The number of aryl methyl sites for hydroxylation is 2. The highest BCUT2D eigenvalue weighted by Gasteiger charge is 2.43. The van der Waals surface area contributed by atoms with E-state index in [1.807, 2.05) is 17.9 Å². The average molecular weight is 315 g/mol. The number of likely N-dealkylation sites (tertiary alicyclic amines) is 1. The molecule has 2 aromatic heterocycles. The minimum Gasteiger partial charge on any atom is -0.374 e. The van der Waals surface area contributed by atoms with Crippen LogP contribution in [0, 0.1) is 6.92 Å². The Kier molecular flexibility index (Phi) is 3.73. The van der Waals surface area contributed by atoms with Crippen LogP contribution in [-0.4, -0.2) is 49.9 Å². The van der Waals surface area contributed by atoms with Crippen LogP contribution in [0.15, 0.2) is 18.7 Å². The number of nitrogens with one attached hydrogen (secondary N) is 1. The second-order valence-corrected chi connectivity index (χ2v) is 7.09. The monoisotopic (exact) mass is 315 g/mol. The molecule has 2 aromatic rings. The molecule has 6 nitrogen and oxygen atoms in total. The largest absolute Gasteiger partial charge is 0.374 e. The molecule has 0 aromatic carbocycles. The summed E-state index contributed by atoms with van der Waals surface area (Å²) < 4.78 is 8.16. The number of aromatic amines is 1. The number of hydrogen-bond donors (Lipinski definition) is 1. The zero-order chi connectivity index (χ0) is 15.9. The third-order valence-corrected chi connectivity index (χ3v) is 5.48. The van der Waals surface area contributed by atoms with Gasteiger partial charge in [-0.15, -0.1) is 0 Å². The molecule has 0 radical (unpaired) electrons. The summed E-state index contributed by atoms with van der Waals surface area (Å²) in [6.07, 6.45) is 9.27. The SMILES string of the molecule is Cc1[nH]cnc1CN1CCC2(CC1)CC(c1cnn(C)c1)CO2. The van der Waals surface area contributed by atoms with Gasteiger partial charge in [-0.1, -0.05) is 0 Å². The maximum absolute atomic E-state index is 6.28. The highest BCUT2D eigenvalue weighted by atomic mass is 16.5. The number of ether oxygens (including phenoxy) is 1. The third kappa shape index (κ3) is 2.93. The summed E-state index contributed by atoms with van der Waals surface area (Å²) in [6, 6.07) is 0. The maximum atomic E-state index is 6.28. The van der Waals surface area contributed by atoms with E-state index >= 15 is 0 Å². The fraction of sp³-hybridized carbons (Fsp3) is 0.647. The number of nitrogens with zero attached hydrogens (tertiary/aromatic N) is 4. The van der Waals surface area contributed by atoms with E-state index in [2.05, 4.69) is 33.1 Å². The smallest absolute Gasteiger partial charge is 0.0925 e. The van der Waals surface area contributed by atoms with Crippen molar-refractivity contribution in [1.82, 2.24) is 24.6 Å². The highest BCUT2D eigenvalue weighted by molar-refractivity contribution is 5.16. The molecule has 2 aliphatic heterocycles. The fourth-order valence-electron chi connectivity index (χ4n) is 3.93. The first-order chi connectivity index (χ1) is 11.1. The van der Waals surface area contributed by atoms with Crippen molar-refractivity contribution in [2.24, 2.45) is 7.05 Å². The minimum atomic E-state index is 0.0810. The first kappa shape index (κ1) is 14.9. The number of imidazole rings is 1. The summed E-state index contributed by atoms with van der Waals surface area (Å²) in [7, 11) is 1.98. The lowest BCUT2D eigenvalue weighted by atomic mass is 9.84. The predicted molar refractivity (Wildman–Crippen MR) is 87.1 cm³/mol. The molecule has 2 fully saturated rings. The van der Waals surface area contributed by atoms with Crippen LogP contribution in [-0.2, 0) is 18.3 Å². The number of aromatic nitrogens is 4. The molecule has 4 rings (SSSR count). The molecule has 124 valence electrons. The minimum absolute atomic E-state index is 0.0810. The Bertz CT molecular complexity index is 668. The lowest BCUT2D eigenvalue weighted by molar-refractivity contribution is -0.0450. The Balaban J connectivity index is 1.35. The summed E-state index contributed by atoms with van der Waals surface area (Å²) in [4.78, 5) is 10.1. The molecule has 0 amide bonds. The van der Waals surface area contributed by atoms with Crippen LogP contribution >= 0.6 is 0 Å². The molecule has 1 spiro atoms. The van der Waals surface area contributed by atoms with Gasteiger partial charge in [0.2, 0.25) is 0 Å². The second-order valence-electron chi connectivity index (χ2n) is 7.09. The molecule has 1 atom stereocenters. The van der Waals surface area contributed by atoms with Gasteiger partial charge >= 0.3 is 0 Å². The molecular formula is C17H25N5O. The van der Waals surface area contributed by atoms with E-state index in [0.29, 0.717) is 5.92 Å². The van der Waals surface area contributed by atoms with Gasteiger partial charge in [0.25, 0.3) is 0 Å². The topological polar surface area (TPSA) is 59.0 Å². The summed E-state index contributed by atoms with van der Waals surface area (Å²) >= 11 is 0. The van der Waals surface area contributed by atoms with Crippen molar-refractivity contribution in [3.8, 4) is 0 Å². The zero-order valence-electron chi connectivity index (χ0n) is 14.0. The summed E-state index contributed by atoms with van der Waals surface area (Å²) in [5.41, 5.74) is 3.75. The molecule has 23 heavy (non-hydrogen) atoms. The Labute approximate surface area is 136 Å². The molecule has 2 saturated heterocycles. The molecule has 1 unspecified atom stereocenters. The van der Waals surface area contributed by atoms with Crippen molar-refractivity contribution < 1.29 is 4.74 Å². The summed E-state index contributed by atoms with van der Waals surface area (Å²) in [5, 5.41) is 4.30. The normalized spacial score (nSPS) is 24.5. The predicted octanol–water partition coefficient (Wildman–Crippen LogP) is 1.99. The van der Waals surface area contributed by atoms with E-state index in [-0.39, 0.29) is 5.60 Å². The number of H-pyrrole nitrogens is 1. The molecule has 1 N–H and O–H groups in total. The molecule has 0 bridgehead atoms. The van der Waals surface area contributed by atoms with E-state index in [0.717, 1.165) is 45.5 Å². The van der Waals surface area contributed by atoms with Gasteiger partial charge in [0, 0.05) is 44.5 Å². The third-order valence-electron chi connectivity index (χ3n) is 5.48. The fourth-order valence-corrected chi connectivity index (χ4v) is 3.93. The van der Waals surface area contributed by atoms with Gasteiger partial charge in [-0.05, 0) is 31.7 Å².